The monoisotopic (exact) mass is 327 g/mol. The summed E-state index contributed by atoms with van der Waals surface area (Å²) in [7, 11) is 1.54. The van der Waals surface area contributed by atoms with Crippen molar-refractivity contribution in [2.75, 3.05) is 25.6 Å². The highest BCUT2D eigenvalue weighted by molar-refractivity contribution is 6.07. The standard InChI is InChI=1S/C19H21NO4/c1-12-5-6-13(2)15(9-12)20-19(21)14-10-17-18(11-16(14)22-3)24-8-4-7-23-17/h5-6,9-11H,4,7-8H2,1-3H3,(H,20,21). The molecule has 0 atom stereocenters. The Morgan fingerprint density at radius 1 is 1.08 bits per heavy atom. The summed E-state index contributed by atoms with van der Waals surface area (Å²) in [4.78, 5) is 12.7. The summed E-state index contributed by atoms with van der Waals surface area (Å²) >= 11 is 0. The van der Waals surface area contributed by atoms with Crippen molar-refractivity contribution in [1.82, 2.24) is 0 Å². The first-order valence-electron chi connectivity index (χ1n) is 7.94. The van der Waals surface area contributed by atoms with Gasteiger partial charge in [-0.3, -0.25) is 4.79 Å². The minimum atomic E-state index is -0.240. The minimum absolute atomic E-state index is 0.240. The van der Waals surface area contributed by atoms with Gasteiger partial charge in [-0.25, -0.2) is 0 Å². The zero-order valence-corrected chi connectivity index (χ0v) is 14.1. The van der Waals surface area contributed by atoms with Crippen molar-refractivity contribution in [1.29, 1.82) is 0 Å². The van der Waals surface area contributed by atoms with Crippen LogP contribution >= 0.6 is 0 Å². The number of methoxy groups -OCH3 is 1. The number of carbonyl (C=O) groups excluding carboxylic acids is 1. The SMILES string of the molecule is COc1cc2c(cc1C(=O)Nc1cc(C)ccc1C)OCCCO2. The second-order valence-electron chi connectivity index (χ2n) is 5.82. The van der Waals surface area contributed by atoms with E-state index < -0.39 is 0 Å². The van der Waals surface area contributed by atoms with Crippen molar-refractivity contribution < 1.29 is 19.0 Å². The first-order valence-corrected chi connectivity index (χ1v) is 7.94. The van der Waals surface area contributed by atoms with Gasteiger partial charge in [-0.1, -0.05) is 12.1 Å². The zero-order valence-electron chi connectivity index (χ0n) is 14.1. The van der Waals surface area contributed by atoms with Crippen LogP contribution in [0, 0.1) is 13.8 Å². The van der Waals surface area contributed by atoms with Gasteiger partial charge < -0.3 is 19.5 Å². The molecule has 0 spiro atoms. The zero-order chi connectivity index (χ0) is 17.1. The lowest BCUT2D eigenvalue weighted by atomic mass is 10.1. The van der Waals surface area contributed by atoms with Crippen LogP contribution in [0.15, 0.2) is 30.3 Å². The fraction of sp³-hybridized carbons (Fsp3) is 0.316. The fourth-order valence-corrected chi connectivity index (χ4v) is 2.60. The number of nitrogens with one attached hydrogen (secondary N) is 1. The molecule has 0 aromatic heterocycles. The molecule has 0 unspecified atom stereocenters. The summed E-state index contributed by atoms with van der Waals surface area (Å²) in [5.41, 5.74) is 3.29. The molecule has 5 nitrogen and oxygen atoms in total. The van der Waals surface area contributed by atoms with Crippen molar-refractivity contribution in [2.45, 2.75) is 20.3 Å². The van der Waals surface area contributed by atoms with E-state index in [-0.39, 0.29) is 5.91 Å². The second kappa shape index (κ2) is 6.83. The number of amides is 1. The number of ether oxygens (including phenoxy) is 3. The van der Waals surface area contributed by atoms with Gasteiger partial charge in [-0.2, -0.15) is 0 Å². The summed E-state index contributed by atoms with van der Waals surface area (Å²) < 4.78 is 16.7. The molecule has 0 bridgehead atoms. The molecule has 1 N–H and O–H groups in total. The Hall–Kier alpha value is -2.69. The molecule has 126 valence electrons. The van der Waals surface area contributed by atoms with Crippen LogP contribution in [0.4, 0.5) is 5.69 Å². The van der Waals surface area contributed by atoms with E-state index in [1.165, 1.54) is 7.11 Å². The predicted octanol–water partition coefficient (Wildman–Crippen LogP) is 3.73. The van der Waals surface area contributed by atoms with Crippen LogP contribution in [-0.4, -0.2) is 26.2 Å². The minimum Gasteiger partial charge on any atom is -0.496 e. The Kier molecular flexibility index (Phi) is 4.60. The average molecular weight is 327 g/mol. The maximum Gasteiger partial charge on any atom is 0.259 e. The first-order chi connectivity index (χ1) is 11.6. The van der Waals surface area contributed by atoms with Crippen LogP contribution in [0.1, 0.15) is 27.9 Å². The lowest BCUT2D eigenvalue weighted by Crippen LogP contribution is -2.14. The molecular weight excluding hydrogens is 306 g/mol. The number of anilines is 1. The summed E-state index contributed by atoms with van der Waals surface area (Å²) in [5.74, 6) is 1.39. The number of benzene rings is 2. The van der Waals surface area contributed by atoms with E-state index in [2.05, 4.69) is 5.32 Å². The molecular formula is C19H21NO4. The van der Waals surface area contributed by atoms with Gasteiger partial charge >= 0.3 is 0 Å². The molecule has 2 aromatic carbocycles. The van der Waals surface area contributed by atoms with Crippen molar-refractivity contribution >= 4 is 11.6 Å². The van der Waals surface area contributed by atoms with Crippen LogP contribution in [-0.2, 0) is 0 Å². The van der Waals surface area contributed by atoms with Gasteiger partial charge in [0.2, 0.25) is 0 Å². The lowest BCUT2D eigenvalue weighted by molar-refractivity contribution is 0.102. The number of aryl methyl sites for hydroxylation is 2. The van der Waals surface area contributed by atoms with Gasteiger partial charge in [0.15, 0.2) is 11.5 Å². The Bertz CT molecular complexity index is 770. The van der Waals surface area contributed by atoms with Gasteiger partial charge in [0.1, 0.15) is 5.75 Å². The largest absolute Gasteiger partial charge is 0.496 e. The van der Waals surface area contributed by atoms with E-state index in [0.29, 0.717) is 36.0 Å². The Balaban J connectivity index is 1.94. The van der Waals surface area contributed by atoms with E-state index in [1.54, 1.807) is 12.1 Å². The van der Waals surface area contributed by atoms with Crippen LogP contribution in [0.5, 0.6) is 17.2 Å². The second-order valence-corrected chi connectivity index (χ2v) is 5.82. The van der Waals surface area contributed by atoms with E-state index in [1.807, 2.05) is 32.0 Å². The van der Waals surface area contributed by atoms with E-state index in [4.69, 9.17) is 14.2 Å². The smallest absolute Gasteiger partial charge is 0.259 e. The number of carbonyl (C=O) groups is 1. The van der Waals surface area contributed by atoms with Crippen molar-refractivity contribution in [3.05, 3.63) is 47.0 Å². The number of hydrogen-bond donors (Lipinski definition) is 1. The fourth-order valence-electron chi connectivity index (χ4n) is 2.60. The summed E-state index contributed by atoms with van der Waals surface area (Å²) in [6.07, 6.45) is 0.807. The van der Waals surface area contributed by atoms with Crippen LogP contribution < -0.4 is 19.5 Å². The molecule has 0 fully saturated rings. The van der Waals surface area contributed by atoms with Gasteiger partial charge in [0.25, 0.3) is 5.91 Å². The maximum atomic E-state index is 12.7. The van der Waals surface area contributed by atoms with E-state index in [9.17, 15) is 4.79 Å². The number of hydrogen-bond acceptors (Lipinski definition) is 4. The van der Waals surface area contributed by atoms with E-state index >= 15 is 0 Å². The highest BCUT2D eigenvalue weighted by Gasteiger charge is 2.20. The molecule has 2 aromatic rings. The highest BCUT2D eigenvalue weighted by atomic mass is 16.5. The highest BCUT2D eigenvalue weighted by Crippen LogP contribution is 2.36. The van der Waals surface area contributed by atoms with Gasteiger partial charge in [0, 0.05) is 24.2 Å². The Morgan fingerprint density at radius 3 is 2.50 bits per heavy atom. The third-order valence-electron chi connectivity index (χ3n) is 3.96. The summed E-state index contributed by atoms with van der Waals surface area (Å²) in [6, 6.07) is 9.33. The van der Waals surface area contributed by atoms with Crippen LogP contribution in [0.2, 0.25) is 0 Å². The van der Waals surface area contributed by atoms with Crippen molar-refractivity contribution in [3.8, 4) is 17.2 Å². The number of rotatable bonds is 3. The topological polar surface area (TPSA) is 56.8 Å². The molecule has 3 rings (SSSR count). The number of fused-ring (bicyclic) bond motifs is 1. The molecule has 5 heteroatoms. The van der Waals surface area contributed by atoms with Gasteiger partial charge in [-0.05, 0) is 31.0 Å². The van der Waals surface area contributed by atoms with Gasteiger partial charge in [-0.15, -0.1) is 0 Å². The van der Waals surface area contributed by atoms with Crippen molar-refractivity contribution in [3.63, 3.8) is 0 Å². The Morgan fingerprint density at radius 2 is 1.79 bits per heavy atom. The van der Waals surface area contributed by atoms with Crippen LogP contribution in [0.25, 0.3) is 0 Å². The first kappa shape index (κ1) is 16.2. The predicted molar refractivity (Wildman–Crippen MR) is 92.5 cm³/mol. The molecule has 1 aliphatic rings. The quantitative estimate of drug-likeness (QED) is 0.933. The molecule has 0 radical (unpaired) electrons. The summed E-state index contributed by atoms with van der Waals surface area (Å²) in [5, 5.41) is 2.95. The van der Waals surface area contributed by atoms with E-state index in [0.717, 1.165) is 23.2 Å². The Labute approximate surface area is 141 Å². The third-order valence-corrected chi connectivity index (χ3v) is 3.96. The molecule has 0 aliphatic carbocycles. The lowest BCUT2D eigenvalue weighted by Gasteiger charge is -2.15. The molecule has 0 saturated heterocycles. The molecule has 0 saturated carbocycles. The van der Waals surface area contributed by atoms with Gasteiger partial charge in [0.05, 0.1) is 25.9 Å². The molecule has 1 heterocycles. The van der Waals surface area contributed by atoms with Crippen LogP contribution in [0.3, 0.4) is 0 Å². The summed E-state index contributed by atoms with van der Waals surface area (Å²) in [6.45, 7) is 5.10. The molecule has 1 amide bonds. The third kappa shape index (κ3) is 3.30. The molecule has 1 aliphatic heterocycles. The van der Waals surface area contributed by atoms with Crippen molar-refractivity contribution in [2.24, 2.45) is 0 Å². The maximum absolute atomic E-state index is 12.7. The normalized spacial score (nSPS) is 13.1. The molecule has 24 heavy (non-hydrogen) atoms. The average Bonchev–Trinajstić information content (AvgIpc) is 2.81.